The maximum absolute atomic E-state index is 12.6. The molecule has 4 nitrogen and oxygen atoms in total. The summed E-state index contributed by atoms with van der Waals surface area (Å²) in [5.74, 6) is -6.07. The summed E-state index contributed by atoms with van der Waals surface area (Å²) in [4.78, 5) is 21.5. The number of esters is 1. The number of rotatable bonds is 12. The molecule has 0 spiro atoms. The van der Waals surface area contributed by atoms with Crippen LogP contribution in [0.15, 0.2) is 0 Å². The number of ether oxygens (including phenoxy) is 1. The van der Waals surface area contributed by atoms with Crippen molar-refractivity contribution in [2.75, 3.05) is 6.61 Å². The normalized spacial score (nSPS) is 12.2. The first-order valence-electron chi connectivity index (χ1n) is 7.38. The molecule has 0 aliphatic carbocycles. The van der Waals surface area contributed by atoms with Crippen LogP contribution in [-0.4, -0.2) is 35.8 Å². The fourth-order valence-corrected chi connectivity index (χ4v) is 1.75. The van der Waals surface area contributed by atoms with Crippen molar-refractivity contribution in [3.63, 3.8) is 0 Å². The third-order valence-corrected chi connectivity index (χ3v) is 3.08. The Morgan fingerprint density at radius 1 is 0.826 bits per heavy atom. The highest BCUT2D eigenvalue weighted by molar-refractivity contribution is 5.69. The van der Waals surface area contributed by atoms with E-state index in [2.05, 4.69) is 0 Å². The van der Waals surface area contributed by atoms with E-state index in [1.54, 1.807) is 0 Å². The topological polar surface area (TPSA) is 63.6 Å². The molecule has 23 heavy (non-hydrogen) atoms. The molecule has 9 heteroatoms. The molecule has 0 atom stereocenters. The molecular formula is C14H21F5O4. The molecule has 0 bridgehead atoms. The van der Waals surface area contributed by atoms with Crippen LogP contribution in [0.4, 0.5) is 22.0 Å². The summed E-state index contributed by atoms with van der Waals surface area (Å²) < 4.78 is 65.6. The van der Waals surface area contributed by atoms with Crippen LogP contribution in [-0.2, 0) is 14.3 Å². The minimum absolute atomic E-state index is 0.0180. The van der Waals surface area contributed by atoms with E-state index in [1.165, 1.54) is 0 Å². The summed E-state index contributed by atoms with van der Waals surface area (Å²) >= 11 is 0. The number of unbranched alkanes of at least 4 members (excludes halogenated alkanes) is 4. The second-order valence-corrected chi connectivity index (χ2v) is 5.19. The van der Waals surface area contributed by atoms with Crippen LogP contribution in [0.2, 0.25) is 0 Å². The van der Waals surface area contributed by atoms with E-state index in [-0.39, 0.29) is 32.3 Å². The maximum atomic E-state index is 12.6. The monoisotopic (exact) mass is 348 g/mol. The molecular weight excluding hydrogens is 327 g/mol. The van der Waals surface area contributed by atoms with Crippen LogP contribution in [0.1, 0.15) is 57.8 Å². The predicted octanol–water partition coefficient (Wildman–Crippen LogP) is 4.32. The van der Waals surface area contributed by atoms with E-state index in [9.17, 15) is 31.5 Å². The Bertz CT molecular complexity index is 369. The zero-order valence-corrected chi connectivity index (χ0v) is 12.6. The van der Waals surface area contributed by atoms with Gasteiger partial charge in [0.05, 0.1) is 6.61 Å². The van der Waals surface area contributed by atoms with Gasteiger partial charge in [-0.15, -0.1) is 0 Å². The Morgan fingerprint density at radius 3 is 1.96 bits per heavy atom. The van der Waals surface area contributed by atoms with Gasteiger partial charge in [0.1, 0.15) is 0 Å². The molecule has 0 aromatic heterocycles. The first kappa shape index (κ1) is 21.6. The number of halogens is 5. The minimum atomic E-state index is -5.51. The fourth-order valence-electron chi connectivity index (χ4n) is 1.75. The van der Waals surface area contributed by atoms with Crippen molar-refractivity contribution in [1.82, 2.24) is 0 Å². The molecule has 0 fully saturated rings. The van der Waals surface area contributed by atoms with Crippen molar-refractivity contribution in [3.05, 3.63) is 0 Å². The van der Waals surface area contributed by atoms with E-state index in [1.807, 2.05) is 0 Å². The molecule has 0 unspecified atom stereocenters. The third-order valence-electron chi connectivity index (χ3n) is 3.08. The molecule has 0 amide bonds. The molecule has 1 N–H and O–H groups in total. The lowest BCUT2D eigenvalue weighted by Crippen LogP contribution is -2.36. The van der Waals surface area contributed by atoms with Gasteiger partial charge in [0, 0.05) is 19.3 Å². The highest BCUT2D eigenvalue weighted by atomic mass is 19.4. The summed E-state index contributed by atoms with van der Waals surface area (Å²) in [5.41, 5.74) is 0. The second kappa shape index (κ2) is 10.4. The molecule has 0 aromatic carbocycles. The summed E-state index contributed by atoms with van der Waals surface area (Å²) in [5, 5.41) is 8.39. The largest absolute Gasteiger partial charge is 0.481 e. The van der Waals surface area contributed by atoms with Gasteiger partial charge in [0.2, 0.25) is 0 Å². The Morgan fingerprint density at radius 2 is 1.39 bits per heavy atom. The van der Waals surface area contributed by atoms with Crippen molar-refractivity contribution < 1.29 is 41.4 Å². The van der Waals surface area contributed by atoms with E-state index in [4.69, 9.17) is 9.84 Å². The zero-order valence-electron chi connectivity index (χ0n) is 12.6. The number of hydrogen-bond donors (Lipinski definition) is 1. The molecule has 136 valence electrons. The van der Waals surface area contributed by atoms with E-state index < -0.39 is 30.5 Å². The highest BCUT2D eigenvalue weighted by Crippen LogP contribution is 2.39. The first-order chi connectivity index (χ1) is 10.6. The minimum Gasteiger partial charge on any atom is -0.481 e. The van der Waals surface area contributed by atoms with Crippen LogP contribution < -0.4 is 0 Å². The number of carboxylic acid groups (broad SMARTS) is 1. The number of carbonyl (C=O) groups is 2. The zero-order chi connectivity index (χ0) is 17.9. The van der Waals surface area contributed by atoms with Crippen molar-refractivity contribution in [3.8, 4) is 0 Å². The lowest BCUT2D eigenvalue weighted by atomic mass is 10.1. The number of alkyl halides is 5. The van der Waals surface area contributed by atoms with Gasteiger partial charge < -0.3 is 9.84 Å². The van der Waals surface area contributed by atoms with E-state index >= 15 is 0 Å². The molecule has 0 saturated carbocycles. The summed E-state index contributed by atoms with van der Waals surface area (Å²) in [6.07, 6.45) is -5.17. The molecule has 0 saturated heterocycles. The Labute approximate surface area is 131 Å². The van der Waals surface area contributed by atoms with Crippen molar-refractivity contribution in [2.24, 2.45) is 0 Å². The average molecular weight is 348 g/mol. The van der Waals surface area contributed by atoms with E-state index in [0.717, 1.165) is 0 Å². The van der Waals surface area contributed by atoms with Gasteiger partial charge in [-0.1, -0.05) is 12.8 Å². The molecule has 0 rings (SSSR count). The molecule has 0 aromatic rings. The van der Waals surface area contributed by atoms with E-state index in [0.29, 0.717) is 25.7 Å². The van der Waals surface area contributed by atoms with Gasteiger partial charge in [0.25, 0.3) is 0 Å². The van der Waals surface area contributed by atoms with Crippen molar-refractivity contribution >= 4 is 11.9 Å². The number of carboxylic acids is 1. The van der Waals surface area contributed by atoms with Crippen LogP contribution in [0.5, 0.6) is 0 Å². The van der Waals surface area contributed by atoms with Gasteiger partial charge in [-0.05, 0) is 25.7 Å². The highest BCUT2D eigenvalue weighted by Gasteiger charge is 2.56. The SMILES string of the molecule is O=C(O)CCCCC(=O)OCCCCCCC(F)(F)C(F)(F)F. The van der Waals surface area contributed by atoms with Gasteiger partial charge in [-0.3, -0.25) is 9.59 Å². The van der Waals surface area contributed by atoms with Gasteiger partial charge in [-0.25, -0.2) is 0 Å². The number of aliphatic carboxylic acids is 1. The van der Waals surface area contributed by atoms with Gasteiger partial charge in [-0.2, -0.15) is 22.0 Å². The fraction of sp³-hybridized carbons (Fsp3) is 0.857. The lowest BCUT2D eigenvalue weighted by molar-refractivity contribution is -0.284. The number of hydrogen-bond acceptors (Lipinski definition) is 3. The van der Waals surface area contributed by atoms with Crippen LogP contribution >= 0.6 is 0 Å². The van der Waals surface area contributed by atoms with Crippen LogP contribution in [0.3, 0.4) is 0 Å². The average Bonchev–Trinajstić information content (AvgIpc) is 2.41. The quantitative estimate of drug-likeness (QED) is 0.324. The van der Waals surface area contributed by atoms with Gasteiger partial charge in [0.15, 0.2) is 0 Å². The molecule has 0 aliphatic heterocycles. The molecule has 0 aliphatic rings. The maximum Gasteiger partial charge on any atom is 0.453 e. The Balaban J connectivity index is 3.52. The predicted molar refractivity (Wildman–Crippen MR) is 71.1 cm³/mol. The first-order valence-corrected chi connectivity index (χ1v) is 7.38. The number of carbonyl (C=O) groups excluding carboxylic acids is 1. The summed E-state index contributed by atoms with van der Waals surface area (Å²) in [7, 11) is 0. The molecule has 0 radical (unpaired) electrons. The second-order valence-electron chi connectivity index (χ2n) is 5.19. The lowest BCUT2D eigenvalue weighted by Gasteiger charge is -2.19. The summed E-state index contributed by atoms with van der Waals surface area (Å²) in [6, 6.07) is 0. The van der Waals surface area contributed by atoms with Gasteiger partial charge >= 0.3 is 24.0 Å². The Hall–Kier alpha value is -1.41. The third kappa shape index (κ3) is 10.9. The summed E-state index contributed by atoms with van der Waals surface area (Å²) in [6.45, 7) is 0.0768. The van der Waals surface area contributed by atoms with Crippen molar-refractivity contribution in [1.29, 1.82) is 0 Å². The molecule has 0 heterocycles. The Kier molecular flexibility index (Phi) is 9.74. The van der Waals surface area contributed by atoms with Crippen LogP contribution in [0.25, 0.3) is 0 Å². The van der Waals surface area contributed by atoms with Crippen molar-refractivity contribution in [2.45, 2.75) is 69.9 Å². The standard InChI is InChI=1S/C14H21F5O4/c15-13(16,14(17,18)19)9-5-1-2-6-10-23-12(22)8-4-3-7-11(20)21/h1-10H2,(H,20,21). The van der Waals surface area contributed by atoms with Crippen LogP contribution in [0, 0.1) is 0 Å². The smallest absolute Gasteiger partial charge is 0.453 e.